The molecular weight excluding hydrogens is 1070 g/mol. The topological polar surface area (TPSA) is 212 Å². The van der Waals surface area contributed by atoms with Gasteiger partial charge in [-0.15, -0.1) is 0 Å². The maximum absolute atomic E-state index is 14.9. The monoisotopic (exact) mass is 1140 g/mol. The van der Waals surface area contributed by atoms with E-state index in [4.69, 9.17) is 16.3 Å². The lowest BCUT2D eigenvalue weighted by Crippen LogP contribution is -2.52. The molecule has 1 radical (unpaired) electrons. The molecule has 0 bridgehead atoms. The van der Waals surface area contributed by atoms with E-state index < -0.39 is 78.7 Å². The first-order valence-corrected chi connectivity index (χ1v) is 30.5. The van der Waals surface area contributed by atoms with E-state index in [1.165, 1.54) is 23.8 Å². The first-order valence-electron chi connectivity index (χ1n) is 24.7. The fraction of sp³-hybridized carbons (Fsp3) is 0.442. The van der Waals surface area contributed by atoms with Crippen molar-refractivity contribution in [3.8, 4) is 0 Å². The van der Waals surface area contributed by atoms with E-state index in [1.54, 1.807) is 42.5 Å². The minimum atomic E-state index is -6.19. The Morgan fingerprint density at radius 1 is 0.987 bits per heavy atom. The molecule has 4 aromatic carbocycles. The molecule has 2 fully saturated rings. The third-order valence-electron chi connectivity index (χ3n) is 14.2. The smallest absolute Gasteiger partial charge is 0.449 e. The summed E-state index contributed by atoms with van der Waals surface area (Å²) >= 11 is 7.08. The number of amides is 1. The highest BCUT2D eigenvalue weighted by atomic mass is 35.5. The number of benzene rings is 4. The summed E-state index contributed by atoms with van der Waals surface area (Å²) < 4.78 is 119. The second kappa shape index (κ2) is 24.5. The Hall–Kier alpha value is -4.44. The number of nitrogens with one attached hydrogen (secondary N) is 3. The molecule has 0 aromatic heterocycles. The van der Waals surface area contributed by atoms with Crippen LogP contribution in [0.15, 0.2) is 119 Å². The van der Waals surface area contributed by atoms with Crippen molar-refractivity contribution in [2.75, 3.05) is 41.9 Å². The summed E-state index contributed by atoms with van der Waals surface area (Å²) in [5.74, 6) is -4.68. The predicted octanol–water partition coefficient (Wildman–Crippen LogP) is 9.59. The highest BCUT2D eigenvalue weighted by Gasteiger charge is 2.50. The highest BCUT2D eigenvalue weighted by Crippen LogP contribution is 2.47. The Morgan fingerprint density at radius 3 is 2.33 bits per heavy atom. The lowest BCUT2D eigenvalue weighted by molar-refractivity contribution is -0.154. The van der Waals surface area contributed by atoms with Crippen LogP contribution in [0.3, 0.4) is 0 Å². The van der Waals surface area contributed by atoms with Gasteiger partial charge in [0.2, 0.25) is 5.85 Å². The largest absolute Gasteiger partial charge is 0.501 e. The molecular formula is C52H63ClF3N5O10PS3. The van der Waals surface area contributed by atoms with Crippen LogP contribution in [-0.4, -0.2) is 94.0 Å². The SMILES string of the molecule is [CH2]C[C@H](OC(=O)C1CCNCC1CCCC(Sc1ccccc1)N(c1ccccc1S(=O)(=O)C(F)(F)F)S(=O)(=O)NC(=O)c1ccc(N2CCNC(CC3CC(c4ccc(Cl)cc4)=CCC3(C)C)C2)cc1)P(=O)(O)O. The van der Waals surface area contributed by atoms with Crippen molar-refractivity contribution in [1.82, 2.24) is 15.4 Å². The van der Waals surface area contributed by atoms with Gasteiger partial charge in [-0.25, -0.2) is 17.4 Å². The number of nitrogens with zero attached hydrogens (tertiary/aromatic N) is 2. The minimum absolute atomic E-state index is 0.0595. The van der Waals surface area contributed by atoms with Gasteiger partial charge < -0.3 is 30.1 Å². The lowest BCUT2D eigenvalue weighted by Gasteiger charge is -2.43. The Morgan fingerprint density at radius 2 is 1.67 bits per heavy atom. The minimum Gasteiger partial charge on any atom is -0.449 e. The summed E-state index contributed by atoms with van der Waals surface area (Å²) in [6.07, 6.45) is 5.05. The van der Waals surface area contributed by atoms with Crippen LogP contribution in [-0.2, 0) is 34.1 Å². The van der Waals surface area contributed by atoms with Crippen molar-refractivity contribution in [2.45, 2.75) is 97.8 Å². The van der Waals surface area contributed by atoms with Gasteiger partial charge in [-0.1, -0.05) is 92.2 Å². The number of thioether (sulfide) groups is 1. The Labute approximate surface area is 446 Å². The number of anilines is 2. The van der Waals surface area contributed by atoms with Crippen LogP contribution in [0.5, 0.6) is 0 Å². The molecule has 6 atom stereocenters. The standard InChI is InChI=1S/C52H63ClF3N5O10PS3/c1-4-48(72(64,65)66)71-50(63)44-26-28-57-33-38(44)11-10-16-47(73-43-12-6-5-7-13-43)61(45-14-8-9-15-46(45)74(67,68)52(54,55)56)75(69,70)59-49(62)36-19-23-42(24-20-36)60-30-29-58-41(34-60)32-39-31-37(25-27-51(39,2)3)35-17-21-40(53)22-18-35/h5-9,12-15,17-25,38-39,41,44,47-48,57-58H,1,4,10-11,16,26-34H2,2-3H3,(H,59,62)(H2,64,65,66)/t38?,39?,41?,44?,47?,48-/m1/s1. The third-order valence-corrected chi connectivity index (χ3v) is 20.0. The third kappa shape index (κ3) is 14.6. The molecule has 407 valence electrons. The highest BCUT2D eigenvalue weighted by molar-refractivity contribution is 8.01. The van der Waals surface area contributed by atoms with E-state index in [2.05, 4.69) is 42.4 Å². The number of piperazine rings is 1. The van der Waals surface area contributed by atoms with Crippen LogP contribution in [0, 0.1) is 30.1 Å². The molecule has 2 heterocycles. The molecule has 0 saturated carbocycles. The number of piperidine rings is 1. The molecule has 15 nitrogen and oxygen atoms in total. The molecule has 4 aromatic rings. The Bertz CT molecular complexity index is 2930. The second-order valence-electron chi connectivity index (χ2n) is 19.8. The molecule has 5 N–H and O–H groups in total. The normalized spacial score (nSPS) is 21.3. The number of rotatable bonds is 20. The number of para-hydroxylation sites is 1. The fourth-order valence-corrected chi connectivity index (χ4v) is 14.6. The van der Waals surface area contributed by atoms with Gasteiger partial charge in [0, 0.05) is 46.8 Å². The van der Waals surface area contributed by atoms with Crippen molar-refractivity contribution in [3.63, 3.8) is 0 Å². The van der Waals surface area contributed by atoms with Gasteiger partial charge in [0.15, 0.2) is 0 Å². The number of carbonyl (C=O) groups is 2. The number of carbonyl (C=O) groups excluding carboxylic acids is 2. The van der Waals surface area contributed by atoms with Crippen molar-refractivity contribution in [1.29, 1.82) is 0 Å². The first kappa shape index (κ1) is 58.2. The quantitative estimate of drug-likeness (QED) is 0.0242. The van der Waals surface area contributed by atoms with E-state index in [-0.39, 0.29) is 55.7 Å². The molecule has 2 aliphatic heterocycles. The van der Waals surface area contributed by atoms with Crippen molar-refractivity contribution < 1.29 is 58.7 Å². The first-order chi connectivity index (χ1) is 35.4. The molecule has 1 aliphatic carbocycles. The van der Waals surface area contributed by atoms with Crippen LogP contribution in [0.4, 0.5) is 24.5 Å². The number of alkyl halides is 3. The number of esters is 1. The fourth-order valence-electron chi connectivity index (χ4n) is 10.0. The number of ether oxygens (including phenoxy) is 1. The Kier molecular flexibility index (Phi) is 19.0. The average molecular weight is 1140 g/mol. The molecule has 75 heavy (non-hydrogen) atoms. The molecule has 0 spiro atoms. The molecule has 2 saturated heterocycles. The van der Waals surface area contributed by atoms with Crippen LogP contribution in [0.25, 0.3) is 5.57 Å². The van der Waals surface area contributed by atoms with Gasteiger partial charge in [-0.05, 0) is 154 Å². The van der Waals surface area contributed by atoms with Crippen LogP contribution in [0.1, 0.15) is 81.1 Å². The van der Waals surface area contributed by atoms with Crippen molar-refractivity contribution in [2.24, 2.45) is 23.2 Å². The number of hydrogen-bond donors (Lipinski definition) is 5. The number of allylic oxidation sites excluding steroid dienone is 2. The predicted molar refractivity (Wildman–Crippen MR) is 286 cm³/mol. The Balaban J connectivity index is 1.13. The van der Waals surface area contributed by atoms with Gasteiger partial charge in [0.25, 0.3) is 15.7 Å². The molecule has 3 aliphatic rings. The zero-order valence-corrected chi connectivity index (χ0v) is 45.6. The molecule has 23 heteroatoms. The van der Waals surface area contributed by atoms with Gasteiger partial charge in [-0.3, -0.25) is 14.2 Å². The summed E-state index contributed by atoms with van der Waals surface area (Å²) in [4.78, 5) is 48.2. The number of sulfone groups is 1. The summed E-state index contributed by atoms with van der Waals surface area (Å²) in [5.41, 5.74) is -3.51. The zero-order valence-electron chi connectivity index (χ0n) is 41.5. The zero-order chi connectivity index (χ0) is 54.3. The molecule has 5 unspecified atom stereocenters. The van der Waals surface area contributed by atoms with Crippen molar-refractivity contribution in [3.05, 3.63) is 132 Å². The van der Waals surface area contributed by atoms with E-state index in [0.29, 0.717) is 52.4 Å². The number of hydrogen-bond acceptors (Lipinski definition) is 12. The summed E-state index contributed by atoms with van der Waals surface area (Å²) in [7, 11) is -16.3. The van der Waals surface area contributed by atoms with E-state index in [1.807, 2.05) is 29.0 Å². The average Bonchev–Trinajstić information content (AvgIpc) is 3.36. The van der Waals surface area contributed by atoms with Crippen LogP contribution in [0.2, 0.25) is 5.02 Å². The summed E-state index contributed by atoms with van der Waals surface area (Å²) in [6.45, 7) is 10.7. The van der Waals surface area contributed by atoms with Crippen molar-refractivity contribution >= 4 is 79.8 Å². The number of halogens is 4. The van der Waals surface area contributed by atoms with Gasteiger partial charge >= 0.3 is 29.3 Å². The van der Waals surface area contributed by atoms with Gasteiger partial charge in [0.1, 0.15) is 4.90 Å². The van der Waals surface area contributed by atoms with Crippen LogP contribution < -0.4 is 24.6 Å². The van der Waals surface area contributed by atoms with Crippen LogP contribution >= 0.6 is 31.0 Å². The second-order valence-corrected chi connectivity index (χ2v) is 26.7. The van der Waals surface area contributed by atoms with Gasteiger partial charge in [-0.2, -0.15) is 21.6 Å². The maximum Gasteiger partial charge on any atom is 0.501 e. The molecule has 7 rings (SSSR count). The molecule has 1 amide bonds. The van der Waals surface area contributed by atoms with E-state index in [9.17, 15) is 53.9 Å². The maximum atomic E-state index is 14.9. The van der Waals surface area contributed by atoms with E-state index in [0.717, 1.165) is 54.4 Å². The lowest BCUT2D eigenvalue weighted by atomic mass is 9.66. The van der Waals surface area contributed by atoms with Gasteiger partial charge in [0.05, 0.1) is 17.0 Å². The summed E-state index contributed by atoms with van der Waals surface area (Å²) in [5, 5.41) is 6.13. The summed E-state index contributed by atoms with van der Waals surface area (Å²) in [6, 6.07) is 26.4. The van der Waals surface area contributed by atoms with E-state index >= 15 is 0 Å².